The van der Waals surface area contributed by atoms with Crippen molar-refractivity contribution < 1.29 is 23.8 Å². The number of esters is 2. The summed E-state index contributed by atoms with van der Waals surface area (Å²) in [5.41, 5.74) is 4.62. The molecule has 0 saturated heterocycles. The van der Waals surface area contributed by atoms with Crippen LogP contribution in [0.5, 0.6) is 5.75 Å². The fraction of sp³-hybridized carbons (Fsp3) is 0.591. The quantitative estimate of drug-likeness (QED) is 0.0700. The van der Waals surface area contributed by atoms with Gasteiger partial charge in [-0.15, -0.1) is 12.6 Å². The van der Waals surface area contributed by atoms with Crippen molar-refractivity contribution >= 4 is 35.9 Å². The minimum absolute atomic E-state index is 0.131. The molecule has 0 spiro atoms. The maximum Gasteiger partial charge on any atom is 0.338 e. The van der Waals surface area contributed by atoms with Crippen LogP contribution in [0.3, 0.4) is 0 Å². The maximum atomic E-state index is 14.5. The van der Waals surface area contributed by atoms with Crippen molar-refractivity contribution in [2.75, 3.05) is 30.5 Å². The molecule has 2 aromatic rings. The van der Waals surface area contributed by atoms with Gasteiger partial charge in [0.15, 0.2) is 5.50 Å². The first kappa shape index (κ1) is 42.2. The van der Waals surface area contributed by atoms with Gasteiger partial charge < -0.3 is 24.4 Å². The summed E-state index contributed by atoms with van der Waals surface area (Å²) in [4.78, 5) is 32.5. The molecule has 2 aliphatic heterocycles. The van der Waals surface area contributed by atoms with Crippen molar-refractivity contribution in [3.05, 3.63) is 76.3 Å². The van der Waals surface area contributed by atoms with Gasteiger partial charge in [-0.05, 0) is 71.2 Å². The minimum Gasteiger partial charge on any atom is -0.491 e. The van der Waals surface area contributed by atoms with Crippen molar-refractivity contribution in [3.63, 3.8) is 0 Å². The second-order valence-electron chi connectivity index (χ2n) is 14.6. The lowest BCUT2D eigenvalue weighted by atomic mass is 9.77. The van der Waals surface area contributed by atoms with Crippen LogP contribution in [0.15, 0.2) is 65.1 Å². The summed E-state index contributed by atoms with van der Waals surface area (Å²) in [5.74, 6) is -0.511. The van der Waals surface area contributed by atoms with Crippen LogP contribution in [0, 0.1) is 0 Å². The number of unbranched alkanes of at least 4 members (excludes halogenated alkanes) is 12. The maximum absolute atomic E-state index is 14.5. The molecule has 0 amide bonds. The van der Waals surface area contributed by atoms with Gasteiger partial charge in [0, 0.05) is 18.3 Å². The largest absolute Gasteiger partial charge is 0.491 e. The third-order valence-corrected chi connectivity index (χ3v) is 10.7. The molecule has 2 aromatic carbocycles. The zero-order chi connectivity index (χ0) is 38.3. The fourth-order valence-corrected chi connectivity index (χ4v) is 8.04. The van der Waals surface area contributed by atoms with Crippen LogP contribution in [0.1, 0.15) is 142 Å². The Balaban J connectivity index is 1.71. The van der Waals surface area contributed by atoms with E-state index in [9.17, 15) is 9.59 Å². The molecular weight excluding hydrogens is 683 g/mol. The Morgan fingerprint density at radius 2 is 1.34 bits per heavy atom. The van der Waals surface area contributed by atoms with Crippen molar-refractivity contribution in [2.24, 2.45) is 0 Å². The van der Waals surface area contributed by atoms with Crippen LogP contribution in [-0.4, -0.2) is 48.7 Å². The Kier molecular flexibility index (Phi) is 17.0. The Morgan fingerprint density at radius 3 is 1.92 bits per heavy atom. The van der Waals surface area contributed by atoms with Gasteiger partial charge in [-0.1, -0.05) is 108 Å². The predicted octanol–water partition coefficient (Wildman–Crippen LogP) is 10.9. The summed E-state index contributed by atoms with van der Waals surface area (Å²) < 4.78 is 18.1. The highest BCUT2D eigenvalue weighted by Gasteiger charge is 2.46. The lowest BCUT2D eigenvalue weighted by molar-refractivity contribution is -0.139. The molecule has 1 N–H and O–H groups in total. The first-order valence-corrected chi connectivity index (χ1v) is 20.8. The Labute approximate surface area is 325 Å². The van der Waals surface area contributed by atoms with E-state index >= 15 is 0 Å². The normalized spacial score (nSPS) is 17.0. The van der Waals surface area contributed by atoms with Crippen LogP contribution in [0.4, 0.5) is 11.4 Å². The fourth-order valence-electron chi connectivity index (χ4n) is 7.67. The van der Waals surface area contributed by atoms with Crippen LogP contribution < -0.4 is 15.0 Å². The zero-order valence-electron chi connectivity index (χ0n) is 33.5. The highest BCUT2D eigenvalue weighted by atomic mass is 32.1. The van der Waals surface area contributed by atoms with E-state index < -0.39 is 23.4 Å². The first-order chi connectivity index (χ1) is 25.7. The number of rotatable bonds is 22. The number of carbonyl (C=O) groups is 2. The Morgan fingerprint density at radius 1 is 0.774 bits per heavy atom. The van der Waals surface area contributed by atoms with Gasteiger partial charge in [0.2, 0.25) is 0 Å². The molecule has 2 aliphatic rings. The predicted molar refractivity (Wildman–Crippen MR) is 220 cm³/mol. The number of hydrogen-bond donors (Lipinski definition) is 2. The molecule has 53 heavy (non-hydrogen) atoms. The van der Waals surface area contributed by atoms with Gasteiger partial charge in [-0.25, -0.2) is 9.59 Å². The number of ether oxygens (including phenoxy) is 3. The molecule has 0 bridgehead atoms. The summed E-state index contributed by atoms with van der Waals surface area (Å²) in [5, 5.41) is 3.44. The molecule has 0 aliphatic carbocycles. The molecule has 0 fully saturated rings. The number of benzene rings is 2. The van der Waals surface area contributed by atoms with Crippen LogP contribution in [0.25, 0.3) is 0 Å². The van der Waals surface area contributed by atoms with Gasteiger partial charge >= 0.3 is 11.9 Å². The highest BCUT2D eigenvalue weighted by molar-refractivity contribution is 7.81. The van der Waals surface area contributed by atoms with Crippen molar-refractivity contribution in [3.8, 4) is 5.75 Å². The van der Waals surface area contributed by atoms with Crippen LogP contribution in [0.2, 0.25) is 0 Å². The number of fused-ring (bicyclic) bond motifs is 1. The monoisotopic (exact) mass is 747 g/mol. The summed E-state index contributed by atoms with van der Waals surface area (Å²) >= 11 is 4.96. The number of carbonyl (C=O) groups excluding carboxylic acids is 2. The van der Waals surface area contributed by atoms with E-state index in [1.165, 1.54) is 70.6 Å². The van der Waals surface area contributed by atoms with Crippen molar-refractivity contribution in [1.82, 2.24) is 4.90 Å². The highest BCUT2D eigenvalue weighted by Crippen LogP contribution is 2.50. The molecule has 0 radical (unpaired) electrons. The smallest absolute Gasteiger partial charge is 0.338 e. The Hall–Kier alpha value is -3.59. The second kappa shape index (κ2) is 21.3. The van der Waals surface area contributed by atoms with E-state index in [1.807, 2.05) is 74.0 Å². The van der Waals surface area contributed by atoms with Gasteiger partial charge in [0.05, 0.1) is 47.8 Å². The lowest BCUT2D eigenvalue weighted by Gasteiger charge is -2.42. The third-order valence-electron chi connectivity index (χ3n) is 10.3. The number of thiol groups is 1. The number of aryl methyl sites for hydroxylation is 1. The summed E-state index contributed by atoms with van der Waals surface area (Å²) in [7, 11) is 1.88. The first-order valence-electron chi connectivity index (χ1n) is 20.3. The van der Waals surface area contributed by atoms with Gasteiger partial charge in [-0.2, -0.15) is 0 Å². The van der Waals surface area contributed by atoms with Crippen LogP contribution >= 0.6 is 12.6 Å². The van der Waals surface area contributed by atoms with Gasteiger partial charge in [0.1, 0.15) is 11.6 Å². The summed E-state index contributed by atoms with van der Waals surface area (Å²) in [6, 6.07) is 14.0. The molecule has 0 saturated carbocycles. The van der Waals surface area contributed by atoms with Crippen molar-refractivity contribution in [1.29, 1.82) is 0 Å². The molecule has 0 aromatic heterocycles. The van der Waals surface area contributed by atoms with Gasteiger partial charge in [0.25, 0.3) is 0 Å². The number of allylic oxidation sites excluding steroid dienone is 1. The average Bonchev–Trinajstić information content (AvgIpc) is 3.46. The lowest BCUT2D eigenvalue weighted by Crippen LogP contribution is -2.44. The molecule has 2 atom stereocenters. The number of para-hydroxylation sites is 2. The van der Waals surface area contributed by atoms with E-state index in [0.29, 0.717) is 28.4 Å². The number of hydrogen-bond acceptors (Lipinski definition) is 9. The Bertz CT molecular complexity index is 1570. The zero-order valence-corrected chi connectivity index (χ0v) is 34.4. The third kappa shape index (κ3) is 10.8. The van der Waals surface area contributed by atoms with E-state index in [4.69, 9.17) is 26.8 Å². The van der Waals surface area contributed by atoms with E-state index in [0.717, 1.165) is 41.8 Å². The molecular formula is C44H65N3O5S. The number of anilines is 2. The summed E-state index contributed by atoms with van der Waals surface area (Å²) in [6.45, 7) is 12.2. The molecule has 2 unspecified atom stereocenters. The molecule has 9 heteroatoms. The number of nitrogens with one attached hydrogen (secondary N) is 1. The number of nitrogens with zero attached hydrogens (tertiary/aromatic N) is 2. The average molecular weight is 748 g/mol. The molecule has 8 nitrogen and oxygen atoms in total. The standard InChI is InChI=1S/C44H65N3O5S/c1-8-11-12-13-14-15-16-17-18-19-20-21-22-26-33-27-25-30-36(52-31(4)5)38(33)39-37(42(48)50-9-2)32(6)46(7)41(40(39)43(49)51-10-3)47-35-29-24-23-28-34(35)45-44(47)53/h23-25,27-31,39,44-45,53H,8-22,26H2,1-7H3. The van der Waals surface area contributed by atoms with Crippen LogP contribution in [-0.2, 0) is 25.5 Å². The van der Waals surface area contributed by atoms with E-state index in [2.05, 4.69) is 18.3 Å². The molecule has 292 valence electrons. The summed E-state index contributed by atoms with van der Waals surface area (Å²) in [6.07, 6.45) is 17.3. The SMILES string of the molecule is CCCCCCCCCCCCCCCc1cccc(OC(C)C)c1C1C(C(=O)OCC)=C(C)N(C)C(N2c3ccccc3NC2S)=C1C(=O)OCC. The van der Waals surface area contributed by atoms with E-state index in [-0.39, 0.29) is 19.3 Å². The van der Waals surface area contributed by atoms with Gasteiger partial charge in [-0.3, -0.25) is 4.90 Å². The molecule has 2 heterocycles. The second-order valence-corrected chi connectivity index (χ2v) is 15.1. The van der Waals surface area contributed by atoms with Crippen molar-refractivity contribution in [2.45, 2.75) is 149 Å². The topological polar surface area (TPSA) is 80.3 Å². The molecule has 4 rings (SSSR count). The van der Waals surface area contributed by atoms with E-state index in [1.54, 1.807) is 13.8 Å². The minimum atomic E-state index is -0.806.